The number of carbonyl (C=O) groups is 1. The molecule has 1 amide bonds. The third kappa shape index (κ3) is 44.8. The van der Waals surface area contributed by atoms with E-state index in [0.717, 1.165) is 51.4 Å². The highest BCUT2D eigenvalue weighted by atomic mass is 16.8. The molecule has 3 saturated heterocycles. The Hall–Kier alpha value is -1.99. The molecule has 0 aromatic carbocycles. The van der Waals surface area contributed by atoms with E-state index in [1.807, 2.05) is 6.08 Å². The molecule has 104 heavy (non-hydrogen) atoms. The second-order valence-corrected chi connectivity index (χ2v) is 31.0. The van der Waals surface area contributed by atoms with E-state index in [1.165, 1.54) is 289 Å². The number of hydrogen-bond donors (Lipinski definition) is 12. The normalized spacial score (nSPS) is 26.0. The lowest BCUT2D eigenvalue weighted by atomic mass is 9.96. The highest BCUT2D eigenvalue weighted by Crippen LogP contribution is 2.33. The summed E-state index contributed by atoms with van der Waals surface area (Å²) < 4.78 is 34.5. The standard InChI is InChI=1S/C85H159NO18/c1-3-5-7-9-11-13-15-17-19-21-23-25-27-28-29-30-31-32-33-34-35-36-37-38-39-40-41-43-45-47-49-51-53-55-57-59-61-63-73(91)86-68(69(90)62-60-58-56-54-52-50-48-46-44-42-26-24-22-20-18-16-14-12-10-8-6-4-2)67-99-83-79(97)76(94)81(71(65-88)101-83)104-85-80(98)77(95)82(72(66-89)102-85)103-84-78(96)75(93)74(92)70(64-87)100-84/h15,17,21,23,60,62,68-72,74-85,87-90,92-98H,3-14,16,18-20,22,24-59,61,63-67H2,1-2H3,(H,86,91)/b17-15-,23-21-,62-60+. The Kier molecular flexibility index (Phi) is 60.8. The summed E-state index contributed by atoms with van der Waals surface area (Å²) in [6.45, 7) is 1.78. The molecular formula is C85H159NO18. The first-order valence-corrected chi connectivity index (χ1v) is 43.2. The van der Waals surface area contributed by atoms with E-state index in [2.05, 4.69) is 43.5 Å². The van der Waals surface area contributed by atoms with Gasteiger partial charge in [-0.1, -0.05) is 346 Å². The van der Waals surface area contributed by atoms with E-state index in [4.69, 9.17) is 28.4 Å². The number of nitrogens with one attached hydrogen (secondary N) is 1. The van der Waals surface area contributed by atoms with Crippen LogP contribution in [-0.4, -0.2) is 193 Å². The van der Waals surface area contributed by atoms with Gasteiger partial charge in [-0.05, 0) is 51.4 Å². The van der Waals surface area contributed by atoms with Gasteiger partial charge in [0.1, 0.15) is 73.2 Å². The largest absolute Gasteiger partial charge is 0.394 e. The first-order valence-electron chi connectivity index (χ1n) is 43.2. The molecule has 17 atom stereocenters. The van der Waals surface area contributed by atoms with Crippen molar-refractivity contribution in [3.05, 3.63) is 36.5 Å². The van der Waals surface area contributed by atoms with E-state index < -0.39 is 124 Å². The molecule has 0 aromatic heterocycles. The number of aliphatic hydroxyl groups is 11. The van der Waals surface area contributed by atoms with Crippen molar-refractivity contribution in [2.75, 3.05) is 26.4 Å². The van der Waals surface area contributed by atoms with Crippen molar-refractivity contribution in [2.24, 2.45) is 0 Å². The fraction of sp³-hybridized carbons (Fsp3) is 0.918. The van der Waals surface area contributed by atoms with Crippen LogP contribution in [0.4, 0.5) is 0 Å². The molecular weight excluding hydrogens is 1320 g/mol. The number of ether oxygens (including phenoxy) is 6. The molecule has 19 nitrogen and oxygen atoms in total. The fourth-order valence-electron chi connectivity index (χ4n) is 14.8. The molecule has 3 heterocycles. The van der Waals surface area contributed by atoms with Gasteiger partial charge >= 0.3 is 0 Å². The summed E-state index contributed by atoms with van der Waals surface area (Å²) in [6.07, 6.45) is 55.8. The Bertz CT molecular complexity index is 2020. The van der Waals surface area contributed by atoms with Crippen LogP contribution in [0.1, 0.15) is 367 Å². The lowest BCUT2D eigenvalue weighted by molar-refractivity contribution is -0.379. The van der Waals surface area contributed by atoms with Crippen LogP contribution in [0.3, 0.4) is 0 Å². The van der Waals surface area contributed by atoms with Crippen LogP contribution in [0.2, 0.25) is 0 Å². The molecule has 3 aliphatic rings. The van der Waals surface area contributed by atoms with E-state index in [-0.39, 0.29) is 18.9 Å². The van der Waals surface area contributed by atoms with E-state index >= 15 is 0 Å². The van der Waals surface area contributed by atoms with Crippen molar-refractivity contribution < 1.29 is 89.4 Å². The van der Waals surface area contributed by atoms with Crippen molar-refractivity contribution in [3.63, 3.8) is 0 Å². The van der Waals surface area contributed by atoms with Crippen LogP contribution in [0.25, 0.3) is 0 Å². The van der Waals surface area contributed by atoms with Crippen molar-refractivity contribution >= 4 is 5.91 Å². The summed E-state index contributed by atoms with van der Waals surface area (Å²) in [5.41, 5.74) is 0. The quantitative estimate of drug-likeness (QED) is 0.0199. The Balaban J connectivity index is 1.32. The molecule has 0 radical (unpaired) electrons. The molecule has 0 aromatic rings. The molecule has 0 bridgehead atoms. The highest BCUT2D eigenvalue weighted by molar-refractivity contribution is 5.76. The SMILES string of the molecule is CCCCCCC/C=C\C/C=C\CCCCCCCCCCCCCCCCCCCCCCCCCCCC(=O)NC(COC1OC(CO)C(OC2OC(CO)C(OC3OC(CO)C(O)C(O)C3O)C(O)C2O)C(O)C1O)C(O)/C=C/CCCCCCCCCCCCCCCCCCCCCC. The molecule has 0 aliphatic carbocycles. The van der Waals surface area contributed by atoms with Gasteiger partial charge in [0.25, 0.3) is 0 Å². The zero-order valence-electron chi connectivity index (χ0n) is 65.8. The van der Waals surface area contributed by atoms with E-state index in [9.17, 15) is 61.0 Å². The first-order chi connectivity index (χ1) is 50.8. The van der Waals surface area contributed by atoms with Gasteiger partial charge in [0, 0.05) is 6.42 Å². The maximum absolute atomic E-state index is 13.5. The van der Waals surface area contributed by atoms with Gasteiger partial charge in [-0.3, -0.25) is 4.79 Å². The minimum atomic E-state index is -1.98. The predicted octanol–water partition coefficient (Wildman–Crippen LogP) is 15.5. The van der Waals surface area contributed by atoms with Crippen LogP contribution in [0.15, 0.2) is 36.5 Å². The van der Waals surface area contributed by atoms with Crippen molar-refractivity contribution in [3.8, 4) is 0 Å². The van der Waals surface area contributed by atoms with Gasteiger partial charge in [-0.15, -0.1) is 0 Å². The summed E-state index contributed by atoms with van der Waals surface area (Å²) in [7, 11) is 0. The van der Waals surface area contributed by atoms with Crippen LogP contribution >= 0.6 is 0 Å². The second-order valence-electron chi connectivity index (χ2n) is 31.0. The number of carbonyl (C=O) groups excluding carboxylic acids is 1. The molecule has 0 spiro atoms. The first kappa shape index (κ1) is 96.2. The minimum absolute atomic E-state index is 0.248. The summed E-state index contributed by atoms with van der Waals surface area (Å²) in [4.78, 5) is 13.5. The van der Waals surface area contributed by atoms with Gasteiger partial charge in [-0.2, -0.15) is 0 Å². The fourth-order valence-corrected chi connectivity index (χ4v) is 14.8. The van der Waals surface area contributed by atoms with Crippen LogP contribution < -0.4 is 5.32 Å². The van der Waals surface area contributed by atoms with Gasteiger partial charge in [0.2, 0.25) is 5.91 Å². The molecule has 17 unspecified atom stereocenters. The van der Waals surface area contributed by atoms with Crippen molar-refractivity contribution in [1.82, 2.24) is 5.32 Å². The lowest BCUT2D eigenvalue weighted by Gasteiger charge is -2.48. The maximum Gasteiger partial charge on any atom is 0.220 e. The van der Waals surface area contributed by atoms with Gasteiger partial charge < -0.3 is 89.9 Å². The molecule has 3 aliphatic heterocycles. The smallest absolute Gasteiger partial charge is 0.220 e. The highest BCUT2D eigenvalue weighted by Gasteiger charge is 2.54. The third-order valence-electron chi connectivity index (χ3n) is 21.7. The molecule has 612 valence electrons. The molecule has 3 fully saturated rings. The number of unbranched alkanes of at least 4 members (excludes halogenated alkanes) is 50. The molecule has 3 rings (SSSR count). The average molecular weight is 1480 g/mol. The second kappa shape index (κ2) is 65.7. The van der Waals surface area contributed by atoms with Crippen molar-refractivity contribution in [1.29, 1.82) is 0 Å². The van der Waals surface area contributed by atoms with E-state index in [1.54, 1.807) is 6.08 Å². The molecule has 12 N–H and O–H groups in total. The average Bonchev–Trinajstić information content (AvgIpc) is 0.783. The topological polar surface area (TPSA) is 307 Å². The third-order valence-corrected chi connectivity index (χ3v) is 21.7. The molecule has 0 saturated carbocycles. The zero-order chi connectivity index (χ0) is 75.3. The maximum atomic E-state index is 13.5. The predicted molar refractivity (Wildman–Crippen MR) is 416 cm³/mol. The van der Waals surface area contributed by atoms with Crippen LogP contribution in [-0.2, 0) is 33.2 Å². The van der Waals surface area contributed by atoms with Crippen molar-refractivity contribution in [2.45, 2.75) is 471 Å². The summed E-state index contributed by atoms with van der Waals surface area (Å²) in [5.74, 6) is -0.267. The number of rotatable bonds is 70. The minimum Gasteiger partial charge on any atom is -0.394 e. The monoisotopic (exact) mass is 1480 g/mol. The van der Waals surface area contributed by atoms with Gasteiger partial charge in [0.15, 0.2) is 18.9 Å². The van der Waals surface area contributed by atoms with Gasteiger partial charge in [0.05, 0.1) is 38.6 Å². The van der Waals surface area contributed by atoms with Crippen LogP contribution in [0, 0.1) is 0 Å². The summed E-state index contributed by atoms with van der Waals surface area (Å²) in [6, 6.07) is -0.972. The Morgan fingerprint density at radius 1 is 0.346 bits per heavy atom. The van der Waals surface area contributed by atoms with E-state index in [0.29, 0.717) is 6.42 Å². The summed E-state index contributed by atoms with van der Waals surface area (Å²) in [5, 5.41) is 121. The van der Waals surface area contributed by atoms with Crippen LogP contribution in [0.5, 0.6) is 0 Å². The number of amides is 1. The Labute approximate surface area is 631 Å². The lowest BCUT2D eigenvalue weighted by Crippen LogP contribution is -2.66. The summed E-state index contributed by atoms with van der Waals surface area (Å²) >= 11 is 0. The van der Waals surface area contributed by atoms with Gasteiger partial charge in [-0.25, -0.2) is 0 Å². The number of hydrogen-bond acceptors (Lipinski definition) is 18. The zero-order valence-corrected chi connectivity index (χ0v) is 65.8. The number of allylic oxidation sites excluding steroid dienone is 5. The number of aliphatic hydroxyl groups excluding tert-OH is 11. The Morgan fingerprint density at radius 2 is 0.635 bits per heavy atom. The molecule has 19 heteroatoms. The Morgan fingerprint density at radius 3 is 0.981 bits per heavy atom.